The molecule has 57 heavy (non-hydrogen) atoms. The molecule has 4 N–H and O–H groups in total. The smallest absolute Gasteiger partial charge is 0.472 e. The molecule has 0 aromatic rings. The van der Waals surface area contributed by atoms with E-state index in [1.54, 1.807) is 0 Å². The monoisotopic (exact) mass is 832 g/mol. The molecule has 3 atom stereocenters. The summed E-state index contributed by atoms with van der Waals surface area (Å²) in [5.74, 6) is -2.37. The zero-order chi connectivity index (χ0) is 42.1. The number of ether oxygens (including phenoxy) is 2. The molecule has 0 amide bonds. The minimum absolute atomic E-state index is 0.166. The van der Waals surface area contributed by atoms with E-state index < -0.39 is 51.1 Å². The lowest BCUT2D eigenvalue weighted by atomic mass is 10.0. The number of hydrogen-bond acceptors (Lipinski definition) is 9. The van der Waals surface area contributed by atoms with Crippen molar-refractivity contribution in [3.05, 3.63) is 12.2 Å². The van der Waals surface area contributed by atoms with Crippen LogP contribution >= 0.6 is 7.82 Å². The Hall–Kier alpha value is -1.78. The molecule has 1 unspecified atom stereocenters. The van der Waals surface area contributed by atoms with Crippen molar-refractivity contribution in [2.45, 2.75) is 238 Å². The van der Waals surface area contributed by atoms with E-state index >= 15 is 0 Å². The van der Waals surface area contributed by atoms with Crippen LogP contribution < -0.4 is 5.73 Å². The molecule has 0 rings (SSSR count). The Bertz CT molecular complexity index is 1030. The predicted molar refractivity (Wildman–Crippen MR) is 231 cm³/mol. The second-order valence-electron chi connectivity index (χ2n) is 15.9. The van der Waals surface area contributed by atoms with Crippen LogP contribution in [0.15, 0.2) is 12.2 Å². The molecule has 12 heteroatoms. The van der Waals surface area contributed by atoms with Gasteiger partial charge in [0.15, 0.2) is 6.10 Å². The van der Waals surface area contributed by atoms with Crippen molar-refractivity contribution in [3.8, 4) is 0 Å². The van der Waals surface area contributed by atoms with Gasteiger partial charge in [-0.3, -0.25) is 23.4 Å². The first kappa shape index (κ1) is 55.2. The molecule has 11 nitrogen and oxygen atoms in total. The first-order chi connectivity index (χ1) is 27.6. The van der Waals surface area contributed by atoms with E-state index in [9.17, 15) is 23.8 Å². The van der Waals surface area contributed by atoms with Crippen LogP contribution in [0.4, 0.5) is 0 Å². The molecule has 0 aromatic carbocycles. The van der Waals surface area contributed by atoms with Gasteiger partial charge in [0.1, 0.15) is 12.6 Å². The van der Waals surface area contributed by atoms with Crippen LogP contribution in [-0.2, 0) is 37.5 Å². The first-order valence-electron chi connectivity index (χ1n) is 23.2. The Labute approximate surface area is 348 Å². The maximum Gasteiger partial charge on any atom is 0.472 e. The van der Waals surface area contributed by atoms with Crippen LogP contribution in [0, 0.1) is 0 Å². The van der Waals surface area contributed by atoms with Gasteiger partial charge in [-0.25, -0.2) is 4.57 Å². The van der Waals surface area contributed by atoms with Crippen molar-refractivity contribution in [2.24, 2.45) is 5.73 Å². The highest BCUT2D eigenvalue weighted by Crippen LogP contribution is 2.43. The maximum atomic E-state index is 12.6. The number of carbonyl (C=O) groups excluding carboxylic acids is 2. The highest BCUT2D eigenvalue weighted by Gasteiger charge is 2.28. The van der Waals surface area contributed by atoms with Gasteiger partial charge in [0.2, 0.25) is 0 Å². The molecule has 0 bridgehead atoms. The number of allylic oxidation sites excluding steroid dienone is 2. The average Bonchev–Trinajstić information content (AvgIpc) is 3.19. The standard InChI is InChI=1S/C45H86NO10P/c1-3-5-7-9-11-13-15-17-19-20-21-22-23-25-26-28-30-32-34-36-43(47)53-38-41(39-54-57(51,52)55-40-42(46)45(49)50)56-44(48)37-35-33-31-29-27-24-18-16-14-12-10-8-6-4-2/h20-21,41-42H,3-19,22-40,46H2,1-2H3,(H,49,50)(H,51,52)/b21-20-/t41-,42+/m1/s1. The third-order valence-corrected chi connectivity index (χ3v) is 11.2. The number of hydrogen-bond donors (Lipinski definition) is 3. The van der Waals surface area contributed by atoms with Gasteiger partial charge < -0.3 is 25.2 Å². The average molecular weight is 832 g/mol. The van der Waals surface area contributed by atoms with Crippen molar-refractivity contribution in [1.29, 1.82) is 0 Å². The number of aliphatic carboxylic acids is 1. The van der Waals surface area contributed by atoms with Gasteiger partial charge in [0, 0.05) is 12.8 Å². The topological polar surface area (TPSA) is 172 Å². The summed E-state index contributed by atoms with van der Waals surface area (Å²) in [6.07, 6.45) is 41.3. The summed E-state index contributed by atoms with van der Waals surface area (Å²) in [5.41, 5.74) is 5.34. The van der Waals surface area contributed by atoms with Crippen molar-refractivity contribution >= 4 is 25.7 Å². The van der Waals surface area contributed by atoms with Crippen LogP contribution in [0.3, 0.4) is 0 Å². The third kappa shape index (κ3) is 40.8. The molecule has 0 fully saturated rings. The molecule has 0 aromatic heterocycles. The molecule has 0 aliphatic carbocycles. The van der Waals surface area contributed by atoms with E-state index in [1.807, 2.05) is 0 Å². The number of carboxylic acid groups (broad SMARTS) is 1. The van der Waals surface area contributed by atoms with Crippen molar-refractivity contribution in [1.82, 2.24) is 0 Å². The molecule has 0 radical (unpaired) electrons. The Balaban J connectivity index is 4.28. The molecular weight excluding hydrogens is 745 g/mol. The van der Waals surface area contributed by atoms with Crippen LogP contribution in [0.5, 0.6) is 0 Å². The minimum Gasteiger partial charge on any atom is -0.480 e. The molecule has 0 aliphatic heterocycles. The van der Waals surface area contributed by atoms with E-state index in [1.165, 1.54) is 141 Å². The lowest BCUT2D eigenvalue weighted by Crippen LogP contribution is -2.34. The fourth-order valence-corrected chi connectivity index (χ4v) is 7.37. The van der Waals surface area contributed by atoms with Crippen LogP contribution in [0.25, 0.3) is 0 Å². The quantitative estimate of drug-likeness (QED) is 0.0231. The molecule has 0 saturated heterocycles. The summed E-state index contributed by atoms with van der Waals surface area (Å²) in [4.78, 5) is 46.0. The number of unbranched alkanes of at least 4 members (excludes halogenated alkanes) is 28. The van der Waals surface area contributed by atoms with Crippen molar-refractivity contribution in [2.75, 3.05) is 19.8 Å². The minimum atomic E-state index is -4.71. The fraction of sp³-hybridized carbons (Fsp3) is 0.889. The Morgan fingerprint density at radius 2 is 0.877 bits per heavy atom. The zero-order valence-electron chi connectivity index (χ0n) is 36.5. The van der Waals surface area contributed by atoms with Crippen LogP contribution in [0.2, 0.25) is 0 Å². The second kappa shape index (κ2) is 41.0. The Kier molecular flexibility index (Phi) is 39.7. The van der Waals surface area contributed by atoms with Crippen LogP contribution in [0.1, 0.15) is 226 Å². The number of carbonyl (C=O) groups is 3. The lowest BCUT2D eigenvalue weighted by molar-refractivity contribution is -0.161. The van der Waals surface area contributed by atoms with E-state index in [2.05, 4.69) is 30.5 Å². The molecule has 336 valence electrons. The van der Waals surface area contributed by atoms with Gasteiger partial charge in [0.25, 0.3) is 0 Å². The first-order valence-corrected chi connectivity index (χ1v) is 24.7. The molecule has 0 aliphatic rings. The predicted octanol–water partition coefficient (Wildman–Crippen LogP) is 12.5. The van der Waals surface area contributed by atoms with Gasteiger partial charge in [-0.15, -0.1) is 0 Å². The third-order valence-electron chi connectivity index (χ3n) is 10.3. The Morgan fingerprint density at radius 3 is 1.28 bits per heavy atom. The lowest BCUT2D eigenvalue weighted by Gasteiger charge is -2.20. The number of carboxylic acids is 1. The number of nitrogens with two attached hydrogens (primary N) is 1. The molecular formula is C45H86NO10P. The van der Waals surface area contributed by atoms with Crippen molar-refractivity contribution in [3.63, 3.8) is 0 Å². The molecule has 0 heterocycles. The SMILES string of the molecule is CCCCCCCCCC/C=C\CCCCCCCCCC(=O)OC[C@H](COP(=O)(O)OC[C@H](N)C(=O)O)OC(=O)CCCCCCCCCCCCCCCC. The summed E-state index contributed by atoms with van der Waals surface area (Å²) in [6, 6.07) is -1.52. The molecule has 0 saturated carbocycles. The zero-order valence-corrected chi connectivity index (χ0v) is 37.3. The normalized spacial score (nSPS) is 13.8. The molecule has 0 spiro atoms. The van der Waals surface area contributed by atoms with E-state index in [0.29, 0.717) is 12.8 Å². The number of phosphoric acid groups is 1. The summed E-state index contributed by atoms with van der Waals surface area (Å²) < 4.78 is 32.7. The van der Waals surface area contributed by atoms with E-state index in [4.69, 9.17) is 24.8 Å². The van der Waals surface area contributed by atoms with E-state index in [0.717, 1.165) is 44.9 Å². The fourth-order valence-electron chi connectivity index (χ4n) is 6.59. The summed E-state index contributed by atoms with van der Waals surface area (Å²) in [5, 5.41) is 8.89. The van der Waals surface area contributed by atoms with Gasteiger partial charge in [-0.1, -0.05) is 187 Å². The van der Waals surface area contributed by atoms with E-state index in [-0.39, 0.29) is 19.4 Å². The van der Waals surface area contributed by atoms with Crippen molar-refractivity contribution < 1.29 is 47.5 Å². The van der Waals surface area contributed by atoms with Crippen LogP contribution in [-0.4, -0.2) is 59.9 Å². The summed E-state index contributed by atoms with van der Waals surface area (Å²) in [6.45, 7) is 2.83. The maximum absolute atomic E-state index is 12.6. The van der Waals surface area contributed by atoms with Gasteiger partial charge in [-0.2, -0.15) is 0 Å². The summed E-state index contributed by atoms with van der Waals surface area (Å²) >= 11 is 0. The number of rotatable bonds is 44. The number of esters is 2. The Morgan fingerprint density at radius 1 is 0.526 bits per heavy atom. The van der Waals surface area contributed by atoms with Gasteiger partial charge in [0.05, 0.1) is 13.2 Å². The van der Waals surface area contributed by atoms with Gasteiger partial charge >= 0.3 is 25.7 Å². The van der Waals surface area contributed by atoms with Gasteiger partial charge in [-0.05, 0) is 38.5 Å². The summed E-state index contributed by atoms with van der Waals surface area (Å²) in [7, 11) is -4.71. The number of phosphoric ester groups is 1. The highest BCUT2D eigenvalue weighted by molar-refractivity contribution is 7.47. The largest absolute Gasteiger partial charge is 0.480 e. The second-order valence-corrected chi connectivity index (χ2v) is 17.3. The highest BCUT2D eigenvalue weighted by atomic mass is 31.2.